The van der Waals surface area contributed by atoms with Gasteiger partial charge in [-0.25, -0.2) is 4.98 Å². The van der Waals surface area contributed by atoms with Crippen molar-refractivity contribution in [2.45, 2.75) is 39.8 Å². The van der Waals surface area contributed by atoms with Crippen LogP contribution in [0.25, 0.3) is 10.9 Å². The monoisotopic (exact) mass is 506 g/mol. The van der Waals surface area contributed by atoms with Crippen LogP contribution in [0.2, 0.25) is 5.02 Å². The van der Waals surface area contributed by atoms with Gasteiger partial charge >= 0.3 is 0 Å². The summed E-state index contributed by atoms with van der Waals surface area (Å²) in [5.74, 6) is 0.647. The van der Waals surface area contributed by atoms with E-state index in [1.165, 1.54) is 0 Å². The molecule has 1 N–H and O–H groups in total. The fourth-order valence-corrected chi connectivity index (χ4v) is 4.54. The van der Waals surface area contributed by atoms with E-state index in [0.717, 1.165) is 46.3 Å². The number of amides is 1. The molecule has 8 heteroatoms. The number of hydrogen-bond donors (Lipinski definition) is 1. The molecule has 1 amide bonds. The van der Waals surface area contributed by atoms with Gasteiger partial charge in [0.15, 0.2) is 0 Å². The molecule has 7 nitrogen and oxygen atoms in total. The SMILES string of the molecule is C=CN(/C=C\C)c1cc(C)nc2c(OCc3c(Cl)cncc3CNC(=O)C3CCOCC3)cccc12. The number of para-hydroxylation sites is 1. The first kappa shape index (κ1) is 25.7. The Morgan fingerprint density at radius 2 is 2.14 bits per heavy atom. The highest BCUT2D eigenvalue weighted by molar-refractivity contribution is 6.31. The van der Waals surface area contributed by atoms with E-state index < -0.39 is 0 Å². The number of carbonyl (C=O) groups is 1. The molecule has 0 radical (unpaired) electrons. The van der Waals surface area contributed by atoms with E-state index in [9.17, 15) is 4.79 Å². The zero-order valence-electron chi connectivity index (χ0n) is 20.7. The second-order valence-corrected chi connectivity index (χ2v) is 9.07. The Morgan fingerprint density at radius 1 is 1.33 bits per heavy atom. The Labute approximate surface area is 216 Å². The molecule has 1 fully saturated rings. The molecule has 3 aromatic rings. The summed E-state index contributed by atoms with van der Waals surface area (Å²) in [4.78, 5) is 23.5. The minimum Gasteiger partial charge on any atom is -0.487 e. The van der Waals surface area contributed by atoms with E-state index in [-0.39, 0.29) is 18.4 Å². The summed E-state index contributed by atoms with van der Waals surface area (Å²) >= 11 is 6.51. The fraction of sp³-hybridized carbons (Fsp3) is 0.321. The second-order valence-electron chi connectivity index (χ2n) is 8.66. The number of aromatic nitrogens is 2. The summed E-state index contributed by atoms with van der Waals surface area (Å²) < 4.78 is 11.6. The third-order valence-corrected chi connectivity index (χ3v) is 6.53. The first-order chi connectivity index (χ1) is 17.5. The lowest BCUT2D eigenvalue weighted by molar-refractivity contribution is -0.128. The molecule has 0 saturated carbocycles. The van der Waals surface area contributed by atoms with Gasteiger partial charge in [0.25, 0.3) is 0 Å². The van der Waals surface area contributed by atoms with Crippen LogP contribution < -0.4 is 15.0 Å². The lowest BCUT2D eigenvalue weighted by Gasteiger charge is -2.21. The van der Waals surface area contributed by atoms with Gasteiger partial charge in [0.2, 0.25) is 5.91 Å². The van der Waals surface area contributed by atoms with Crippen LogP contribution in [0.3, 0.4) is 0 Å². The predicted octanol–water partition coefficient (Wildman–Crippen LogP) is 5.70. The average Bonchev–Trinajstić information content (AvgIpc) is 2.90. The number of hydrogen-bond acceptors (Lipinski definition) is 6. The molecule has 0 unspecified atom stereocenters. The minimum absolute atomic E-state index is 0.0255. The molecule has 36 heavy (non-hydrogen) atoms. The molecule has 4 rings (SSSR count). The molecule has 3 heterocycles. The van der Waals surface area contributed by atoms with Crippen LogP contribution in [0, 0.1) is 12.8 Å². The van der Waals surface area contributed by atoms with Crippen molar-refractivity contribution in [2.75, 3.05) is 18.1 Å². The number of rotatable bonds is 9. The lowest BCUT2D eigenvalue weighted by atomic mass is 9.99. The number of fused-ring (bicyclic) bond motifs is 1. The molecule has 0 atom stereocenters. The van der Waals surface area contributed by atoms with Gasteiger partial charge in [-0.2, -0.15) is 0 Å². The number of aryl methyl sites for hydroxylation is 1. The topological polar surface area (TPSA) is 76.6 Å². The van der Waals surface area contributed by atoms with Gasteiger partial charge in [-0.05, 0) is 44.4 Å². The normalized spacial score (nSPS) is 14.2. The molecule has 1 aliphatic rings. The Balaban J connectivity index is 1.56. The highest BCUT2D eigenvalue weighted by atomic mass is 35.5. The molecule has 1 aromatic carbocycles. The number of benzene rings is 1. The Bertz CT molecular complexity index is 1270. The average molecular weight is 507 g/mol. The van der Waals surface area contributed by atoms with Crippen molar-refractivity contribution in [3.8, 4) is 5.75 Å². The van der Waals surface area contributed by atoms with Crippen LogP contribution >= 0.6 is 11.6 Å². The van der Waals surface area contributed by atoms with Gasteiger partial charge in [-0.3, -0.25) is 9.78 Å². The van der Waals surface area contributed by atoms with Crippen LogP contribution in [0.5, 0.6) is 5.75 Å². The number of pyridine rings is 2. The highest BCUT2D eigenvalue weighted by Gasteiger charge is 2.22. The van der Waals surface area contributed by atoms with E-state index in [1.54, 1.807) is 18.6 Å². The van der Waals surface area contributed by atoms with Crippen molar-refractivity contribution >= 4 is 34.1 Å². The van der Waals surface area contributed by atoms with Gasteiger partial charge in [0, 0.05) is 67.1 Å². The number of ether oxygens (including phenoxy) is 2. The van der Waals surface area contributed by atoms with Gasteiger partial charge < -0.3 is 19.7 Å². The largest absolute Gasteiger partial charge is 0.487 e. The molecule has 0 bridgehead atoms. The molecule has 2 aromatic heterocycles. The summed E-state index contributed by atoms with van der Waals surface area (Å²) in [6.07, 6.45) is 10.5. The van der Waals surface area contributed by atoms with Crippen molar-refractivity contribution < 1.29 is 14.3 Å². The first-order valence-corrected chi connectivity index (χ1v) is 12.4. The molecule has 1 aliphatic heterocycles. The molecular weight excluding hydrogens is 476 g/mol. The van der Waals surface area contributed by atoms with E-state index in [0.29, 0.717) is 30.5 Å². The van der Waals surface area contributed by atoms with E-state index in [1.807, 2.05) is 55.3 Å². The van der Waals surface area contributed by atoms with Crippen molar-refractivity contribution in [1.29, 1.82) is 0 Å². The molecule has 1 saturated heterocycles. The van der Waals surface area contributed by atoms with E-state index >= 15 is 0 Å². The summed E-state index contributed by atoms with van der Waals surface area (Å²) in [6.45, 7) is 9.64. The van der Waals surface area contributed by atoms with Crippen LogP contribution in [-0.2, 0) is 22.7 Å². The molecule has 188 valence electrons. The minimum atomic E-state index is -0.0255. The van der Waals surface area contributed by atoms with Gasteiger partial charge in [0.05, 0.1) is 10.7 Å². The van der Waals surface area contributed by atoms with Crippen LogP contribution in [0.1, 0.15) is 36.6 Å². The van der Waals surface area contributed by atoms with Gasteiger partial charge in [0.1, 0.15) is 17.9 Å². The zero-order chi connectivity index (χ0) is 25.5. The summed E-state index contributed by atoms with van der Waals surface area (Å²) in [5.41, 5.74) is 4.19. The quantitative estimate of drug-likeness (QED) is 0.401. The maximum atomic E-state index is 12.6. The Hall–Kier alpha value is -3.42. The van der Waals surface area contributed by atoms with Crippen molar-refractivity contribution in [3.63, 3.8) is 0 Å². The smallest absolute Gasteiger partial charge is 0.223 e. The zero-order valence-corrected chi connectivity index (χ0v) is 21.4. The summed E-state index contributed by atoms with van der Waals surface area (Å²) in [5, 5.41) is 4.46. The second kappa shape index (κ2) is 12.0. The van der Waals surface area contributed by atoms with E-state index in [4.69, 9.17) is 26.1 Å². The molecular formula is C28H31ClN4O3. The van der Waals surface area contributed by atoms with Crippen molar-refractivity contribution in [1.82, 2.24) is 15.3 Å². The molecule has 0 spiro atoms. The Morgan fingerprint density at radius 3 is 2.89 bits per heavy atom. The standard InChI is InChI=1S/C28H31ClN4O3/c1-4-11-33(5-2)25-14-19(3)32-27-22(25)7-6-8-26(27)36-18-23-21(15-30-17-24(23)29)16-31-28(34)20-9-12-35-13-10-20/h4-8,11,14-15,17,20H,2,9-10,12-13,16,18H2,1,3H3,(H,31,34)/b11-4-. The van der Waals surface area contributed by atoms with Gasteiger partial charge in [-0.1, -0.05) is 36.4 Å². The first-order valence-electron chi connectivity index (χ1n) is 12.1. The van der Waals surface area contributed by atoms with Crippen LogP contribution in [0.15, 0.2) is 61.7 Å². The van der Waals surface area contributed by atoms with Crippen LogP contribution in [-0.4, -0.2) is 29.1 Å². The van der Waals surface area contributed by atoms with Crippen molar-refractivity contribution in [3.05, 3.63) is 83.6 Å². The highest BCUT2D eigenvalue weighted by Crippen LogP contribution is 2.33. The predicted molar refractivity (Wildman–Crippen MR) is 143 cm³/mol. The Kier molecular flexibility index (Phi) is 8.57. The number of allylic oxidation sites excluding steroid dienone is 1. The third kappa shape index (κ3) is 5.86. The lowest BCUT2D eigenvalue weighted by Crippen LogP contribution is -2.34. The maximum absolute atomic E-state index is 12.6. The van der Waals surface area contributed by atoms with Crippen LogP contribution in [0.4, 0.5) is 5.69 Å². The fourth-order valence-electron chi connectivity index (χ4n) is 4.31. The number of nitrogens with one attached hydrogen (secondary N) is 1. The van der Waals surface area contributed by atoms with Gasteiger partial charge in [-0.15, -0.1) is 0 Å². The van der Waals surface area contributed by atoms with E-state index in [2.05, 4.69) is 16.9 Å². The summed E-state index contributed by atoms with van der Waals surface area (Å²) in [6, 6.07) is 7.87. The third-order valence-electron chi connectivity index (χ3n) is 6.20. The number of anilines is 1. The number of carbonyl (C=O) groups excluding carboxylic acids is 1. The number of halogens is 1. The van der Waals surface area contributed by atoms with Crippen molar-refractivity contribution in [2.24, 2.45) is 5.92 Å². The summed E-state index contributed by atoms with van der Waals surface area (Å²) in [7, 11) is 0. The maximum Gasteiger partial charge on any atom is 0.223 e. The molecule has 0 aliphatic carbocycles. The number of nitrogens with zero attached hydrogens (tertiary/aromatic N) is 3.